The maximum absolute atomic E-state index is 13.2. The Morgan fingerprint density at radius 2 is 0.899 bits per heavy atom. The zero-order valence-corrected chi connectivity index (χ0v) is 42.6. The molecular formula is C57H67N3O7S2. The van der Waals surface area contributed by atoms with E-state index in [0.29, 0.717) is 6.42 Å². The van der Waals surface area contributed by atoms with Gasteiger partial charge >= 0.3 is 18.2 Å². The van der Waals surface area contributed by atoms with E-state index in [-0.39, 0.29) is 18.6 Å². The molecule has 0 saturated carbocycles. The lowest BCUT2D eigenvalue weighted by molar-refractivity contribution is -0.139. The lowest BCUT2D eigenvalue weighted by Gasteiger charge is -2.23. The smallest absolute Gasteiger partial charge is 0.408 e. The van der Waals surface area contributed by atoms with E-state index in [9.17, 15) is 19.2 Å². The largest absolute Gasteiger partial charge is 0.480 e. The van der Waals surface area contributed by atoms with Crippen LogP contribution < -0.4 is 16.4 Å². The average Bonchev–Trinajstić information content (AvgIpc) is 3.28. The lowest BCUT2D eigenvalue weighted by Crippen LogP contribution is -2.45. The van der Waals surface area contributed by atoms with Crippen LogP contribution in [-0.2, 0) is 49.8 Å². The summed E-state index contributed by atoms with van der Waals surface area (Å²) < 4.78 is 10.4. The second-order valence-electron chi connectivity index (χ2n) is 18.4. The van der Waals surface area contributed by atoms with E-state index in [1.165, 1.54) is 26.5 Å². The van der Waals surface area contributed by atoms with Gasteiger partial charge in [-0.1, -0.05) is 133 Å². The third kappa shape index (κ3) is 22.0. The van der Waals surface area contributed by atoms with Gasteiger partial charge in [0.25, 0.3) is 0 Å². The number of rotatable bonds is 16. The molecule has 0 bridgehead atoms. The number of thioether (sulfide) groups is 2. The molecule has 0 unspecified atom stereocenters. The van der Waals surface area contributed by atoms with Gasteiger partial charge in [0.05, 0.1) is 6.04 Å². The maximum atomic E-state index is 13.2. The third-order valence-electron chi connectivity index (χ3n) is 9.93. The monoisotopic (exact) mass is 969 g/mol. The van der Waals surface area contributed by atoms with Gasteiger partial charge in [-0.15, -0.1) is 23.5 Å². The van der Waals surface area contributed by atoms with Gasteiger partial charge in [0.2, 0.25) is 0 Å². The van der Waals surface area contributed by atoms with E-state index in [1.807, 2.05) is 103 Å². The molecule has 6 aromatic rings. The van der Waals surface area contributed by atoms with Crippen molar-refractivity contribution in [1.82, 2.24) is 10.6 Å². The molecule has 0 aliphatic heterocycles. The van der Waals surface area contributed by atoms with Gasteiger partial charge < -0.3 is 30.9 Å². The van der Waals surface area contributed by atoms with Gasteiger partial charge in [0.15, 0.2) is 5.78 Å². The van der Waals surface area contributed by atoms with Crippen LogP contribution in [0.25, 0.3) is 0 Å². The highest BCUT2D eigenvalue weighted by Crippen LogP contribution is 2.28. The molecule has 69 heavy (non-hydrogen) atoms. The number of ether oxygens (including phenoxy) is 2. The number of carboxylic acids is 1. The van der Waals surface area contributed by atoms with Gasteiger partial charge in [-0.2, -0.15) is 0 Å². The van der Waals surface area contributed by atoms with Crippen molar-refractivity contribution in [2.75, 3.05) is 5.73 Å². The summed E-state index contributed by atoms with van der Waals surface area (Å²) in [6.45, 7) is 14.8. The molecule has 0 aromatic heterocycles. The number of carboxylic acid groups (broad SMARTS) is 1. The number of aryl methyl sites for hydroxylation is 2. The molecule has 0 spiro atoms. The summed E-state index contributed by atoms with van der Waals surface area (Å²) in [4.78, 5) is 50.9. The number of Topliss-reactive ketones (excluding diaryl/α,β-unsaturated/α-hetero) is 1. The van der Waals surface area contributed by atoms with E-state index in [4.69, 9.17) is 20.3 Å². The second-order valence-corrected chi connectivity index (χ2v) is 20.5. The first-order valence-electron chi connectivity index (χ1n) is 22.8. The molecule has 364 valence electrons. The second kappa shape index (κ2) is 27.5. The van der Waals surface area contributed by atoms with Crippen molar-refractivity contribution in [3.63, 3.8) is 0 Å². The van der Waals surface area contributed by atoms with Crippen LogP contribution >= 0.6 is 23.5 Å². The van der Waals surface area contributed by atoms with Crippen LogP contribution in [-0.4, -0.2) is 52.3 Å². The first-order valence-corrected chi connectivity index (χ1v) is 24.8. The molecule has 0 fully saturated rings. The van der Waals surface area contributed by atoms with Crippen LogP contribution in [0.15, 0.2) is 168 Å². The van der Waals surface area contributed by atoms with Crippen molar-refractivity contribution in [3.8, 4) is 0 Å². The minimum absolute atomic E-state index is 0.0428. The molecule has 0 saturated heterocycles. The fourth-order valence-corrected chi connectivity index (χ4v) is 8.59. The quantitative estimate of drug-likeness (QED) is 0.0544. The number of anilines is 1. The van der Waals surface area contributed by atoms with Crippen LogP contribution in [0, 0.1) is 13.8 Å². The molecule has 2 atom stereocenters. The topological polar surface area (TPSA) is 157 Å². The standard InChI is InChI=1S/C29H33NO3S.C14H19NO4.C14H15NS/c1-21-17-24(15-16-27(21)34-20-23-13-9-6-10-14-23)19-26(31)25(18-22-11-7-5-8-12-22)30-28(32)33-29(2,3)4;1-14(2,3)19-13(18)15-11(12(16)17)9-10-7-5-4-6-8-10;1-11-9-13(15)7-8-14(11)16-10-12-5-3-2-4-6-12/h5-17,25H,18-20H2,1-4H3,(H,30,32);4-8,11H,9H2,1-3H3,(H,15,18)(H,16,17);2-9H,10,15H2,1H3/t25-;11-;/m00./s1. The van der Waals surface area contributed by atoms with Gasteiger partial charge in [0, 0.05) is 39.8 Å². The molecule has 10 nitrogen and oxygen atoms in total. The summed E-state index contributed by atoms with van der Waals surface area (Å²) in [7, 11) is 0. The van der Waals surface area contributed by atoms with E-state index in [1.54, 1.807) is 53.3 Å². The summed E-state index contributed by atoms with van der Waals surface area (Å²) in [5, 5.41) is 14.3. The number of amides is 2. The average molecular weight is 970 g/mol. The first kappa shape index (κ1) is 55.1. The Labute approximate surface area is 417 Å². The molecule has 0 aliphatic rings. The summed E-state index contributed by atoms with van der Waals surface area (Å²) in [5.74, 6) is 0.776. The normalized spacial score (nSPS) is 11.8. The highest BCUT2D eigenvalue weighted by atomic mass is 32.2. The molecule has 0 heterocycles. The number of carbonyl (C=O) groups is 4. The fourth-order valence-electron chi connectivity index (χ4n) is 6.66. The van der Waals surface area contributed by atoms with Crippen LogP contribution in [0.2, 0.25) is 0 Å². The third-order valence-corrected chi connectivity index (χ3v) is 12.4. The number of aliphatic carboxylic acids is 1. The highest BCUT2D eigenvalue weighted by Gasteiger charge is 2.26. The number of ketones is 1. The van der Waals surface area contributed by atoms with E-state index in [2.05, 4.69) is 91.2 Å². The van der Waals surface area contributed by atoms with Gasteiger partial charge in [0.1, 0.15) is 17.2 Å². The molecule has 12 heteroatoms. The molecule has 2 amide bonds. The molecule has 6 rings (SSSR count). The predicted molar refractivity (Wildman–Crippen MR) is 282 cm³/mol. The summed E-state index contributed by atoms with van der Waals surface area (Å²) >= 11 is 3.64. The van der Waals surface area contributed by atoms with Crippen molar-refractivity contribution in [2.24, 2.45) is 0 Å². The minimum Gasteiger partial charge on any atom is -0.480 e. The summed E-state index contributed by atoms with van der Waals surface area (Å²) in [6.07, 6.45) is -0.419. The number of hydrogen-bond donors (Lipinski definition) is 4. The Balaban J connectivity index is 0.000000249. The van der Waals surface area contributed by atoms with Crippen molar-refractivity contribution in [2.45, 2.75) is 119 Å². The number of hydrogen-bond acceptors (Lipinski definition) is 9. The zero-order valence-electron chi connectivity index (χ0n) is 41.0. The van der Waals surface area contributed by atoms with Crippen LogP contribution in [0.3, 0.4) is 0 Å². The number of nitrogen functional groups attached to an aromatic ring is 1. The van der Waals surface area contributed by atoms with Gasteiger partial charge in [-0.3, -0.25) is 4.79 Å². The lowest BCUT2D eigenvalue weighted by atomic mass is 9.97. The molecule has 0 aliphatic carbocycles. The van der Waals surface area contributed by atoms with Crippen molar-refractivity contribution in [1.29, 1.82) is 0 Å². The fraction of sp³-hybridized carbons (Fsp3) is 0.298. The Hall–Kier alpha value is -6.50. The van der Waals surface area contributed by atoms with Crippen molar-refractivity contribution in [3.05, 3.63) is 197 Å². The highest BCUT2D eigenvalue weighted by molar-refractivity contribution is 7.98. The Morgan fingerprint density at radius 1 is 0.522 bits per heavy atom. The Bertz CT molecular complexity index is 2530. The van der Waals surface area contributed by atoms with Crippen molar-refractivity contribution < 1.29 is 33.8 Å². The number of carbonyl (C=O) groups excluding carboxylic acids is 3. The number of benzene rings is 6. The molecular weight excluding hydrogens is 903 g/mol. The van der Waals surface area contributed by atoms with Crippen molar-refractivity contribution >= 4 is 53.2 Å². The Morgan fingerprint density at radius 3 is 1.29 bits per heavy atom. The zero-order chi connectivity index (χ0) is 50.4. The maximum Gasteiger partial charge on any atom is 0.408 e. The SMILES string of the molecule is CC(C)(C)OC(=O)N[C@@H](Cc1ccccc1)C(=O)O.Cc1cc(CC(=O)[C@H](Cc2ccccc2)NC(=O)OC(C)(C)C)ccc1SCc1ccccc1.Cc1cc(N)ccc1SCc1ccccc1. The molecule has 0 radical (unpaired) electrons. The van der Waals surface area contributed by atoms with Crippen LogP contribution in [0.1, 0.15) is 80.5 Å². The predicted octanol–water partition coefficient (Wildman–Crippen LogP) is 12.6. The van der Waals surface area contributed by atoms with E-state index < -0.39 is 41.4 Å². The van der Waals surface area contributed by atoms with Gasteiger partial charge in [-0.25, -0.2) is 14.4 Å². The van der Waals surface area contributed by atoms with E-state index >= 15 is 0 Å². The number of nitrogens with one attached hydrogen (secondary N) is 2. The molecule has 5 N–H and O–H groups in total. The number of alkyl carbamates (subject to hydrolysis) is 2. The molecule has 6 aromatic carbocycles. The first-order chi connectivity index (χ1) is 32.7. The van der Waals surface area contributed by atoms with E-state index in [0.717, 1.165) is 39.4 Å². The van der Waals surface area contributed by atoms with Crippen LogP contribution in [0.5, 0.6) is 0 Å². The van der Waals surface area contributed by atoms with Crippen LogP contribution in [0.4, 0.5) is 15.3 Å². The minimum atomic E-state index is -1.09. The summed E-state index contributed by atoms with van der Waals surface area (Å²) in [6, 6.07) is 50.3. The summed E-state index contributed by atoms with van der Waals surface area (Å²) in [5.41, 5.74) is 13.1. The number of nitrogens with two attached hydrogens (primary N) is 1. The van der Waals surface area contributed by atoms with Gasteiger partial charge in [-0.05, 0) is 125 Å². The Kier molecular flexibility index (Phi) is 21.9.